The molecule has 3 heteroatoms. The number of ether oxygens (including phenoxy) is 1. The fraction of sp³-hybridized carbons (Fsp3) is 0.778. The lowest BCUT2D eigenvalue weighted by Crippen LogP contribution is -2.54. The molecule has 21 heavy (non-hydrogen) atoms. The van der Waals surface area contributed by atoms with Crippen LogP contribution in [-0.2, 0) is 4.74 Å². The molecule has 1 saturated heterocycles. The number of aliphatic hydroxyl groups is 1. The van der Waals surface area contributed by atoms with Crippen molar-refractivity contribution in [1.29, 1.82) is 0 Å². The fourth-order valence-electron chi connectivity index (χ4n) is 3.87. The van der Waals surface area contributed by atoms with Gasteiger partial charge in [-0.25, -0.2) is 0 Å². The van der Waals surface area contributed by atoms with Crippen molar-refractivity contribution < 1.29 is 9.84 Å². The molecule has 0 bridgehead atoms. The van der Waals surface area contributed by atoms with E-state index in [0.29, 0.717) is 25.0 Å². The van der Waals surface area contributed by atoms with Gasteiger partial charge in [0.1, 0.15) is 5.76 Å². The van der Waals surface area contributed by atoms with Crippen molar-refractivity contribution in [3.63, 3.8) is 0 Å². The van der Waals surface area contributed by atoms with E-state index in [4.69, 9.17) is 4.74 Å². The summed E-state index contributed by atoms with van der Waals surface area (Å²) in [6.45, 7) is 12.4. The van der Waals surface area contributed by atoms with Crippen LogP contribution < -0.4 is 0 Å². The van der Waals surface area contributed by atoms with E-state index >= 15 is 0 Å². The van der Waals surface area contributed by atoms with Gasteiger partial charge in [-0.3, -0.25) is 0 Å². The number of hydrogen-bond acceptors (Lipinski definition) is 3. The Balaban J connectivity index is 2.42. The molecule has 0 saturated carbocycles. The number of aliphatic hydroxyl groups excluding tert-OH is 1. The number of likely N-dealkylation sites (tertiary alicyclic amines) is 1. The zero-order valence-corrected chi connectivity index (χ0v) is 14.2. The maximum Gasteiger partial charge on any atom is 0.138 e. The normalized spacial score (nSPS) is 29.3. The van der Waals surface area contributed by atoms with Crippen LogP contribution in [-0.4, -0.2) is 34.8 Å². The van der Waals surface area contributed by atoms with E-state index in [1.807, 2.05) is 13.8 Å². The first-order chi connectivity index (χ1) is 9.90. The zero-order chi connectivity index (χ0) is 15.6. The van der Waals surface area contributed by atoms with Gasteiger partial charge in [0.2, 0.25) is 0 Å². The van der Waals surface area contributed by atoms with Crippen LogP contribution in [0.4, 0.5) is 0 Å². The van der Waals surface area contributed by atoms with E-state index in [-0.39, 0.29) is 11.6 Å². The lowest BCUT2D eigenvalue weighted by atomic mass is 9.72. The van der Waals surface area contributed by atoms with Crippen molar-refractivity contribution in [1.82, 2.24) is 4.90 Å². The molecule has 120 valence electrons. The van der Waals surface area contributed by atoms with Gasteiger partial charge in [0.05, 0.1) is 18.4 Å². The Morgan fingerprint density at radius 3 is 2.76 bits per heavy atom. The van der Waals surface area contributed by atoms with Crippen LogP contribution in [0, 0.1) is 11.8 Å². The summed E-state index contributed by atoms with van der Waals surface area (Å²) >= 11 is 0. The molecule has 1 N–H and O–H groups in total. The third kappa shape index (κ3) is 3.28. The Morgan fingerprint density at radius 1 is 1.43 bits per heavy atom. The van der Waals surface area contributed by atoms with Crippen molar-refractivity contribution in [2.24, 2.45) is 11.8 Å². The number of allylic oxidation sites excluding steroid dienone is 3. The molecule has 1 aliphatic carbocycles. The average molecular weight is 293 g/mol. The highest BCUT2D eigenvalue weighted by molar-refractivity contribution is 5.30. The second-order valence-corrected chi connectivity index (χ2v) is 7.09. The van der Waals surface area contributed by atoms with Crippen LogP contribution in [0.5, 0.6) is 0 Å². The summed E-state index contributed by atoms with van der Waals surface area (Å²) in [6.07, 6.45) is 7.11. The predicted octanol–water partition coefficient (Wildman–Crippen LogP) is 3.70. The minimum absolute atomic E-state index is 0.0644. The number of β-amino-alcohol motifs (C(OH)–C–C–N with tert-alkyl or cyclic N) is 1. The lowest BCUT2D eigenvalue weighted by Gasteiger charge is -2.53. The van der Waals surface area contributed by atoms with Gasteiger partial charge in [-0.2, -0.15) is 0 Å². The molecule has 2 rings (SSSR count). The number of nitrogens with zero attached hydrogens (tertiary/aromatic N) is 1. The zero-order valence-electron chi connectivity index (χ0n) is 14.2. The topological polar surface area (TPSA) is 32.7 Å². The summed E-state index contributed by atoms with van der Waals surface area (Å²) in [5, 5.41) is 10.2. The SMILES string of the molecule is CCOC1=C2C(CC=C1)C(C)CC(C)(C)N2CC(O)CC. The van der Waals surface area contributed by atoms with Gasteiger partial charge < -0.3 is 14.7 Å². The van der Waals surface area contributed by atoms with E-state index in [2.05, 4.69) is 37.8 Å². The first-order valence-corrected chi connectivity index (χ1v) is 8.39. The van der Waals surface area contributed by atoms with Gasteiger partial charge in [-0.15, -0.1) is 0 Å². The molecular weight excluding hydrogens is 262 g/mol. The summed E-state index contributed by atoms with van der Waals surface area (Å²) in [5.74, 6) is 2.18. The average Bonchev–Trinajstić information content (AvgIpc) is 2.43. The largest absolute Gasteiger partial charge is 0.492 e. The first kappa shape index (κ1) is 16.4. The van der Waals surface area contributed by atoms with Crippen LogP contribution in [0.3, 0.4) is 0 Å². The Kier molecular flexibility index (Phi) is 5.03. The van der Waals surface area contributed by atoms with Gasteiger partial charge in [-0.05, 0) is 52.0 Å². The maximum atomic E-state index is 10.2. The summed E-state index contributed by atoms with van der Waals surface area (Å²) in [4.78, 5) is 2.42. The standard InChI is InChI=1S/C18H31NO2/c1-6-14(20)12-19-17-15(13(3)11-18(19,4)5)9-8-10-16(17)21-7-2/h8,10,13-15,20H,6-7,9,11-12H2,1-5H3. The molecule has 0 radical (unpaired) electrons. The van der Waals surface area contributed by atoms with Crippen LogP contribution in [0.25, 0.3) is 0 Å². The van der Waals surface area contributed by atoms with Crippen molar-refractivity contribution in [3.05, 3.63) is 23.6 Å². The molecule has 0 aromatic rings. The second-order valence-electron chi connectivity index (χ2n) is 7.09. The first-order valence-electron chi connectivity index (χ1n) is 8.39. The minimum atomic E-state index is -0.278. The van der Waals surface area contributed by atoms with E-state index in [1.165, 1.54) is 5.70 Å². The second kappa shape index (κ2) is 6.43. The number of rotatable bonds is 5. The molecule has 1 heterocycles. The molecule has 0 amide bonds. The van der Waals surface area contributed by atoms with E-state index < -0.39 is 0 Å². The van der Waals surface area contributed by atoms with E-state index in [9.17, 15) is 5.11 Å². The Morgan fingerprint density at radius 2 is 2.14 bits per heavy atom. The Hall–Kier alpha value is -0.960. The monoisotopic (exact) mass is 293 g/mol. The van der Waals surface area contributed by atoms with E-state index in [0.717, 1.165) is 25.0 Å². The number of hydrogen-bond donors (Lipinski definition) is 1. The van der Waals surface area contributed by atoms with Crippen molar-refractivity contribution in [2.75, 3.05) is 13.2 Å². The summed E-state index contributed by atoms with van der Waals surface area (Å²) in [5.41, 5.74) is 1.38. The van der Waals surface area contributed by atoms with Crippen LogP contribution >= 0.6 is 0 Å². The quantitative estimate of drug-likeness (QED) is 0.839. The van der Waals surface area contributed by atoms with Gasteiger partial charge in [0.25, 0.3) is 0 Å². The molecule has 1 fully saturated rings. The molecule has 3 atom stereocenters. The maximum absolute atomic E-state index is 10.2. The molecule has 1 aliphatic heterocycles. The molecule has 3 unspecified atom stereocenters. The smallest absolute Gasteiger partial charge is 0.138 e. The molecule has 0 aromatic heterocycles. The van der Waals surface area contributed by atoms with Crippen LogP contribution in [0.15, 0.2) is 23.6 Å². The van der Waals surface area contributed by atoms with Gasteiger partial charge >= 0.3 is 0 Å². The molecule has 2 aliphatic rings. The highest BCUT2D eigenvalue weighted by Crippen LogP contribution is 2.46. The van der Waals surface area contributed by atoms with Crippen LogP contribution in [0.1, 0.15) is 53.9 Å². The van der Waals surface area contributed by atoms with Crippen molar-refractivity contribution >= 4 is 0 Å². The Bertz CT molecular complexity index is 425. The predicted molar refractivity (Wildman–Crippen MR) is 86.8 cm³/mol. The van der Waals surface area contributed by atoms with Crippen molar-refractivity contribution in [2.45, 2.75) is 65.5 Å². The molecule has 3 nitrogen and oxygen atoms in total. The molecular formula is C18H31NO2. The fourth-order valence-corrected chi connectivity index (χ4v) is 3.87. The Labute approximate surface area is 129 Å². The van der Waals surface area contributed by atoms with Crippen LogP contribution in [0.2, 0.25) is 0 Å². The van der Waals surface area contributed by atoms with Gasteiger partial charge in [-0.1, -0.05) is 19.9 Å². The number of fused-ring (bicyclic) bond motifs is 1. The summed E-state index contributed by atoms with van der Waals surface area (Å²) in [7, 11) is 0. The highest BCUT2D eigenvalue weighted by atomic mass is 16.5. The summed E-state index contributed by atoms with van der Waals surface area (Å²) < 4.78 is 5.91. The molecule has 0 aromatic carbocycles. The highest BCUT2D eigenvalue weighted by Gasteiger charge is 2.43. The van der Waals surface area contributed by atoms with Gasteiger partial charge in [0, 0.05) is 18.0 Å². The van der Waals surface area contributed by atoms with Gasteiger partial charge in [0.15, 0.2) is 0 Å². The lowest BCUT2D eigenvalue weighted by molar-refractivity contribution is 0.0110. The molecule has 0 spiro atoms. The van der Waals surface area contributed by atoms with E-state index in [1.54, 1.807) is 0 Å². The third-order valence-electron chi connectivity index (χ3n) is 4.96. The minimum Gasteiger partial charge on any atom is -0.492 e. The van der Waals surface area contributed by atoms with Crippen molar-refractivity contribution in [3.8, 4) is 0 Å². The number of piperidine rings is 1. The third-order valence-corrected chi connectivity index (χ3v) is 4.96. The summed E-state index contributed by atoms with van der Waals surface area (Å²) in [6, 6.07) is 0.